The van der Waals surface area contributed by atoms with Crippen LogP contribution in [0.1, 0.15) is 30.9 Å². The minimum Gasteiger partial charge on any atom is -0.396 e. The van der Waals surface area contributed by atoms with Gasteiger partial charge >= 0.3 is 0 Å². The van der Waals surface area contributed by atoms with Crippen molar-refractivity contribution < 1.29 is 9.90 Å². The van der Waals surface area contributed by atoms with Crippen molar-refractivity contribution in [2.75, 3.05) is 13.2 Å². The number of hydrogen-bond donors (Lipinski definition) is 3. The van der Waals surface area contributed by atoms with Gasteiger partial charge in [-0.1, -0.05) is 31.2 Å². The molecule has 0 aliphatic carbocycles. The molecule has 4 nitrogen and oxygen atoms in total. The summed E-state index contributed by atoms with van der Waals surface area (Å²) in [6.45, 7) is 3.32. The molecule has 0 heterocycles. The van der Waals surface area contributed by atoms with Gasteiger partial charge < -0.3 is 16.2 Å². The predicted molar refractivity (Wildman–Crippen MR) is 76.5 cm³/mol. The second-order valence-corrected chi connectivity index (χ2v) is 4.93. The lowest BCUT2D eigenvalue weighted by Gasteiger charge is -2.10. The third-order valence-corrected chi connectivity index (χ3v) is 3.20. The van der Waals surface area contributed by atoms with E-state index < -0.39 is 0 Å². The van der Waals surface area contributed by atoms with Crippen LogP contribution < -0.4 is 11.1 Å². The lowest BCUT2D eigenvalue weighted by atomic mass is 10.0. The number of benzene rings is 1. The number of nitrogens with two attached hydrogens (primary N) is 1. The van der Waals surface area contributed by atoms with Crippen molar-refractivity contribution in [3.63, 3.8) is 0 Å². The van der Waals surface area contributed by atoms with Gasteiger partial charge in [0.15, 0.2) is 0 Å². The maximum Gasteiger partial charge on any atom is 0.224 e. The van der Waals surface area contributed by atoms with Crippen molar-refractivity contribution in [2.45, 2.75) is 32.7 Å². The second-order valence-electron chi connectivity index (χ2n) is 4.93. The molecule has 0 saturated heterocycles. The first-order valence-electron chi connectivity index (χ1n) is 6.81. The normalized spacial score (nSPS) is 12.2. The Kier molecular flexibility index (Phi) is 7.15. The number of amides is 1. The molecule has 19 heavy (non-hydrogen) atoms. The number of carbonyl (C=O) groups is 1. The van der Waals surface area contributed by atoms with Gasteiger partial charge in [-0.05, 0) is 29.9 Å². The standard InChI is InChI=1S/C15H24N2O2/c1-12(11-18)5-4-8-17-15(19)9-13-6-2-3-7-14(13)10-16/h2-3,6-7,12,18H,4-5,8-11,16H2,1H3,(H,17,19). The Morgan fingerprint density at radius 1 is 1.37 bits per heavy atom. The fourth-order valence-corrected chi connectivity index (χ4v) is 1.93. The molecule has 106 valence electrons. The minimum atomic E-state index is 0.0255. The molecule has 0 spiro atoms. The van der Waals surface area contributed by atoms with Crippen LogP contribution in [0.5, 0.6) is 0 Å². The molecule has 1 unspecified atom stereocenters. The first kappa shape index (κ1) is 15.7. The summed E-state index contributed by atoms with van der Waals surface area (Å²) >= 11 is 0. The Morgan fingerprint density at radius 2 is 2.05 bits per heavy atom. The van der Waals surface area contributed by atoms with Crippen molar-refractivity contribution in [2.24, 2.45) is 11.7 Å². The molecule has 1 aromatic rings. The minimum absolute atomic E-state index is 0.0255. The van der Waals surface area contributed by atoms with Crippen LogP contribution in [0, 0.1) is 5.92 Å². The monoisotopic (exact) mass is 264 g/mol. The molecule has 4 N–H and O–H groups in total. The van der Waals surface area contributed by atoms with E-state index >= 15 is 0 Å². The SMILES string of the molecule is CC(CO)CCCNC(=O)Cc1ccccc1CN. The zero-order chi connectivity index (χ0) is 14.1. The number of hydrogen-bond acceptors (Lipinski definition) is 3. The predicted octanol–water partition coefficient (Wildman–Crippen LogP) is 1.21. The van der Waals surface area contributed by atoms with Gasteiger partial charge in [0.2, 0.25) is 5.91 Å². The highest BCUT2D eigenvalue weighted by Gasteiger charge is 2.06. The Labute approximate surface area is 115 Å². The summed E-state index contributed by atoms with van der Waals surface area (Å²) in [4.78, 5) is 11.8. The molecule has 0 aliphatic heterocycles. The van der Waals surface area contributed by atoms with E-state index in [9.17, 15) is 4.79 Å². The lowest BCUT2D eigenvalue weighted by Crippen LogP contribution is -2.27. The van der Waals surface area contributed by atoms with E-state index in [2.05, 4.69) is 5.32 Å². The van der Waals surface area contributed by atoms with Gasteiger partial charge in [-0.3, -0.25) is 4.79 Å². The second kappa shape index (κ2) is 8.67. The number of nitrogens with one attached hydrogen (secondary N) is 1. The van der Waals surface area contributed by atoms with Crippen molar-refractivity contribution in [1.82, 2.24) is 5.32 Å². The quantitative estimate of drug-likeness (QED) is 0.618. The van der Waals surface area contributed by atoms with Crippen LogP contribution in [-0.2, 0) is 17.8 Å². The van der Waals surface area contributed by atoms with Gasteiger partial charge in [0, 0.05) is 19.7 Å². The van der Waals surface area contributed by atoms with E-state index in [4.69, 9.17) is 10.8 Å². The van der Waals surface area contributed by atoms with E-state index in [-0.39, 0.29) is 12.5 Å². The first-order valence-corrected chi connectivity index (χ1v) is 6.81. The van der Waals surface area contributed by atoms with Gasteiger partial charge in [-0.2, -0.15) is 0 Å². The molecule has 1 rings (SSSR count). The van der Waals surface area contributed by atoms with Gasteiger partial charge in [0.1, 0.15) is 0 Å². The molecule has 1 amide bonds. The summed E-state index contributed by atoms with van der Waals surface area (Å²) in [5.41, 5.74) is 7.65. The van der Waals surface area contributed by atoms with Crippen molar-refractivity contribution in [3.05, 3.63) is 35.4 Å². The van der Waals surface area contributed by atoms with Crippen LogP contribution in [0.3, 0.4) is 0 Å². The molecule has 0 saturated carbocycles. The lowest BCUT2D eigenvalue weighted by molar-refractivity contribution is -0.120. The number of aliphatic hydroxyl groups excluding tert-OH is 1. The molecule has 0 bridgehead atoms. The molecular weight excluding hydrogens is 240 g/mol. The number of aliphatic hydroxyl groups is 1. The average Bonchev–Trinajstić information content (AvgIpc) is 2.43. The Bertz CT molecular complexity index is 393. The highest BCUT2D eigenvalue weighted by molar-refractivity contribution is 5.78. The molecule has 0 fully saturated rings. The number of carbonyl (C=O) groups excluding carboxylic acids is 1. The summed E-state index contributed by atoms with van der Waals surface area (Å²) in [6, 6.07) is 7.74. The maximum absolute atomic E-state index is 11.8. The van der Waals surface area contributed by atoms with E-state index in [1.54, 1.807) is 0 Å². The summed E-state index contributed by atoms with van der Waals surface area (Å²) in [5, 5.41) is 11.8. The molecule has 0 aliphatic rings. The van der Waals surface area contributed by atoms with Crippen LogP contribution in [-0.4, -0.2) is 24.2 Å². The molecule has 4 heteroatoms. The fourth-order valence-electron chi connectivity index (χ4n) is 1.93. The Morgan fingerprint density at radius 3 is 2.68 bits per heavy atom. The zero-order valence-corrected chi connectivity index (χ0v) is 11.6. The summed E-state index contributed by atoms with van der Waals surface area (Å²) in [6.07, 6.45) is 2.20. The van der Waals surface area contributed by atoms with Crippen LogP contribution in [0.2, 0.25) is 0 Å². The number of rotatable bonds is 8. The Hall–Kier alpha value is -1.39. The maximum atomic E-state index is 11.8. The van der Waals surface area contributed by atoms with Crippen LogP contribution in [0.4, 0.5) is 0 Å². The van der Waals surface area contributed by atoms with E-state index in [0.29, 0.717) is 25.4 Å². The van der Waals surface area contributed by atoms with E-state index in [0.717, 1.165) is 24.0 Å². The highest BCUT2D eigenvalue weighted by atomic mass is 16.3. The van der Waals surface area contributed by atoms with E-state index in [1.165, 1.54) is 0 Å². The average molecular weight is 264 g/mol. The van der Waals surface area contributed by atoms with Crippen molar-refractivity contribution >= 4 is 5.91 Å². The molecule has 1 atom stereocenters. The molecule has 1 aromatic carbocycles. The smallest absolute Gasteiger partial charge is 0.224 e. The fraction of sp³-hybridized carbons (Fsp3) is 0.533. The van der Waals surface area contributed by atoms with Gasteiger partial charge in [0.05, 0.1) is 6.42 Å². The topological polar surface area (TPSA) is 75.3 Å². The summed E-state index contributed by atoms with van der Waals surface area (Å²) in [5.74, 6) is 0.326. The first-order chi connectivity index (χ1) is 9.17. The van der Waals surface area contributed by atoms with Crippen molar-refractivity contribution in [1.29, 1.82) is 0 Å². The largest absolute Gasteiger partial charge is 0.396 e. The van der Waals surface area contributed by atoms with Crippen molar-refractivity contribution in [3.8, 4) is 0 Å². The third kappa shape index (κ3) is 5.85. The molecule has 0 aromatic heterocycles. The zero-order valence-electron chi connectivity index (χ0n) is 11.6. The van der Waals surface area contributed by atoms with Gasteiger partial charge in [0.25, 0.3) is 0 Å². The molecular formula is C15H24N2O2. The Balaban J connectivity index is 2.31. The van der Waals surface area contributed by atoms with Gasteiger partial charge in [-0.25, -0.2) is 0 Å². The summed E-state index contributed by atoms with van der Waals surface area (Å²) < 4.78 is 0. The van der Waals surface area contributed by atoms with Crippen LogP contribution in [0.15, 0.2) is 24.3 Å². The third-order valence-electron chi connectivity index (χ3n) is 3.20. The highest BCUT2D eigenvalue weighted by Crippen LogP contribution is 2.08. The van der Waals surface area contributed by atoms with Gasteiger partial charge in [-0.15, -0.1) is 0 Å². The van der Waals surface area contributed by atoms with Crippen LogP contribution in [0.25, 0.3) is 0 Å². The van der Waals surface area contributed by atoms with Crippen LogP contribution >= 0.6 is 0 Å². The van der Waals surface area contributed by atoms with E-state index in [1.807, 2.05) is 31.2 Å². The molecule has 0 radical (unpaired) electrons. The summed E-state index contributed by atoms with van der Waals surface area (Å²) in [7, 11) is 0.